The molecule has 0 N–H and O–H groups in total. The van der Waals surface area contributed by atoms with Gasteiger partial charge in [-0.2, -0.15) is 0 Å². The minimum atomic E-state index is 0. The molecule has 0 aliphatic carbocycles. The largest absolute Gasteiger partial charge is 0.486 e. The summed E-state index contributed by atoms with van der Waals surface area (Å²) in [6, 6.07) is 40.9. The fourth-order valence-corrected chi connectivity index (χ4v) is 4.74. The maximum atomic E-state index is 6.22. The number of aryl methyl sites for hydroxylation is 4. The number of fused-ring (bicyclic) bond motifs is 3. The summed E-state index contributed by atoms with van der Waals surface area (Å²) in [6.45, 7) is 4.17. The van der Waals surface area contributed by atoms with Crippen LogP contribution in [0.15, 0.2) is 120 Å². The fraction of sp³-hybridized carbons (Fsp3) is 0.108. The van der Waals surface area contributed by atoms with E-state index in [2.05, 4.69) is 78.4 Å². The molecule has 0 aliphatic heterocycles. The smallest absolute Gasteiger partial charge is 0.216 e. The Labute approximate surface area is 259 Å². The summed E-state index contributed by atoms with van der Waals surface area (Å²) in [4.78, 5) is 13.6. The third-order valence-electron chi connectivity index (χ3n) is 7.15. The van der Waals surface area contributed by atoms with Gasteiger partial charge in [0.15, 0.2) is 0 Å². The summed E-state index contributed by atoms with van der Waals surface area (Å²) in [6.07, 6.45) is 5.54. The number of hydrogen-bond acceptors (Lipinski definition) is 4. The van der Waals surface area contributed by atoms with Crippen molar-refractivity contribution in [3.05, 3.63) is 150 Å². The Balaban J connectivity index is 0.000000228. The maximum absolute atomic E-state index is 6.22. The molecule has 0 atom stereocenters. The first-order chi connectivity index (χ1) is 20.2. The molecule has 42 heavy (non-hydrogen) atoms. The van der Waals surface area contributed by atoms with Gasteiger partial charge < -0.3 is 14.4 Å². The van der Waals surface area contributed by atoms with Gasteiger partial charge in [-0.3, -0.25) is 0 Å². The van der Waals surface area contributed by atoms with Crippen LogP contribution in [-0.4, -0.2) is 15.0 Å². The molecule has 7 aromatic rings. The van der Waals surface area contributed by atoms with Crippen molar-refractivity contribution in [3.8, 4) is 22.5 Å². The summed E-state index contributed by atoms with van der Waals surface area (Å²) in [5.74, 6) is 0. The van der Waals surface area contributed by atoms with Crippen LogP contribution in [0, 0.1) is 26.0 Å². The van der Waals surface area contributed by atoms with E-state index in [4.69, 9.17) is 9.40 Å². The van der Waals surface area contributed by atoms with E-state index in [9.17, 15) is 0 Å². The average molecular weight is 724 g/mol. The first kappa shape index (κ1) is 29.1. The van der Waals surface area contributed by atoms with Crippen molar-refractivity contribution in [2.24, 2.45) is 0 Å². The SMILES string of the molecule is Cc1cnc(-c2[c-]ccc3c2oc2nc(CCc4ccccc4)ccc23)cc1C.[Ir].[c-]1ccccc1-c1ccccn1. The minimum absolute atomic E-state index is 0. The van der Waals surface area contributed by atoms with E-state index in [0.717, 1.165) is 57.4 Å². The number of rotatable bonds is 5. The van der Waals surface area contributed by atoms with E-state index in [-0.39, 0.29) is 20.1 Å². The Morgan fingerprint density at radius 1 is 0.690 bits per heavy atom. The molecule has 0 fully saturated rings. The quantitative estimate of drug-likeness (QED) is 0.167. The summed E-state index contributed by atoms with van der Waals surface area (Å²) in [5, 5.41) is 2.08. The predicted octanol–water partition coefficient (Wildman–Crippen LogP) is 8.79. The van der Waals surface area contributed by atoms with Crippen molar-refractivity contribution in [3.63, 3.8) is 0 Å². The molecule has 0 bridgehead atoms. The number of furan rings is 1. The molecule has 0 unspecified atom stereocenters. The molecule has 7 rings (SSSR count). The molecule has 4 heterocycles. The average Bonchev–Trinajstić information content (AvgIpc) is 3.41. The Hall–Kier alpha value is -4.44. The Morgan fingerprint density at radius 2 is 1.52 bits per heavy atom. The molecular weight excluding hydrogens is 695 g/mol. The molecule has 0 saturated heterocycles. The van der Waals surface area contributed by atoms with E-state index in [1.165, 1.54) is 16.7 Å². The van der Waals surface area contributed by atoms with Gasteiger partial charge in [0.2, 0.25) is 5.71 Å². The summed E-state index contributed by atoms with van der Waals surface area (Å²) in [5.41, 5.74) is 9.98. The molecule has 1 radical (unpaired) electrons. The van der Waals surface area contributed by atoms with Crippen LogP contribution in [0.1, 0.15) is 22.4 Å². The van der Waals surface area contributed by atoms with Crippen molar-refractivity contribution >= 4 is 22.1 Å². The summed E-state index contributed by atoms with van der Waals surface area (Å²) in [7, 11) is 0. The summed E-state index contributed by atoms with van der Waals surface area (Å²) >= 11 is 0. The molecular formula is C37H29IrN3O-2. The molecule has 0 amide bonds. The third-order valence-corrected chi connectivity index (χ3v) is 7.15. The van der Waals surface area contributed by atoms with Gasteiger partial charge in [-0.1, -0.05) is 65.0 Å². The molecule has 209 valence electrons. The van der Waals surface area contributed by atoms with Crippen molar-refractivity contribution in [1.29, 1.82) is 0 Å². The number of benzene rings is 3. The Morgan fingerprint density at radius 3 is 2.29 bits per heavy atom. The fourth-order valence-electron chi connectivity index (χ4n) is 4.74. The second-order valence-electron chi connectivity index (χ2n) is 9.98. The number of pyridine rings is 3. The van der Waals surface area contributed by atoms with Crippen LogP contribution in [0.3, 0.4) is 0 Å². The van der Waals surface area contributed by atoms with Crippen molar-refractivity contribution in [1.82, 2.24) is 15.0 Å². The monoisotopic (exact) mass is 724 g/mol. The van der Waals surface area contributed by atoms with Gasteiger partial charge in [0.1, 0.15) is 0 Å². The predicted molar refractivity (Wildman–Crippen MR) is 165 cm³/mol. The number of nitrogens with zero attached hydrogens (tertiary/aromatic N) is 3. The third kappa shape index (κ3) is 6.54. The first-order valence-electron chi connectivity index (χ1n) is 13.7. The van der Waals surface area contributed by atoms with Crippen LogP contribution >= 0.6 is 0 Å². The first-order valence-corrected chi connectivity index (χ1v) is 13.7. The second-order valence-corrected chi connectivity index (χ2v) is 9.98. The zero-order valence-electron chi connectivity index (χ0n) is 23.5. The van der Waals surface area contributed by atoms with Gasteiger partial charge >= 0.3 is 0 Å². The number of hydrogen-bond donors (Lipinski definition) is 0. The second kappa shape index (κ2) is 13.5. The normalized spacial score (nSPS) is 10.6. The van der Waals surface area contributed by atoms with Crippen molar-refractivity contribution < 1.29 is 24.5 Å². The van der Waals surface area contributed by atoms with Crippen LogP contribution in [0.2, 0.25) is 0 Å². The molecule has 3 aromatic carbocycles. The minimum Gasteiger partial charge on any atom is -0.486 e. The molecule has 4 aromatic heterocycles. The molecule has 5 heteroatoms. The molecule has 4 nitrogen and oxygen atoms in total. The standard InChI is InChI=1S/C26H21N2O.C11H8N.Ir/c1-17-15-24(27-16-18(17)2)23-10-6-9-21-22-14-13-20(28-26(22)29-25(21)23)12-11-19-7-4-3-5-8-19;1-2-6-10(7-3-1)11-8-4-5-9-12-11;/h3-9,13-16H,11-12H2,1-2H3;1-6,8-9H;/q2*-1;. The topological polar surface area (TPSA) is 51.8 Å². The van der Waals surface area contributed by atoms with Crippen LogP contribution < -0.4 is 0 Å². The van der Waals surface area contributed by atoms with Crippen molar-refractivity contribution in [2.45, 2.75) is 26.7 Å². The Bertz CT molecular complexity index is 1870. The van der Waals surface area contributed by atoms with Gasteiger partial charge in [-0.15, -0.1) is 54.1 Å². The van der Waals surface area contributed by atoms with Gasteiger partial charge in [-0.25, -0.2) is 4.98 Å². The van der Waals surface area contributed by atoms with Gasteiger partial charge in [0.25, 0.3) is 0 Å². The van der Waals surface area contributed by atoms with E-state index in [1.54, 1.807) is 6.20 Å². The van der Waals surface area contributed by atoms with E-state index < -0.39 is 0 Å². The van der Waals surface area contributed by atoms with Crippen LogP contribution in [0.25, 0.3) is 44.6 Å². The Kier molecular flexibility index (Phi) is 9.33. The zero-order valence-corrected chi connectivity index (χ0v) is 25.9. The maximum Gasteiger partial charge on any atom is 0.216 e. The number of aromatic nitrogens is 3. The molecule has 0 spiro atoms. The van der Waals surface area contributed by atoms with Crippen LogP contribution in [0.4, 0.5) is 0 Å². The van der Waals surface area contributed by atoms with Crippen LogP contribution in [-0.2, 0) is 32.9 Å². The molecule has 0 saturated carbocycles. The van der Waals surface area contributed by atoms with E-state index in [1.807, 2.05) is 66.9 Å². The van der Waals surface area contributed by atoms with Gasteiger partial charge in [-0.05, 0) is 67.4 Å². The van der Waals surface area contributed by atoms with Gasteiger partial charge in [0, 0.05) is 43.6 Å². The molecule has 0 aliphatic rings. The van der Waals surface area contributed by atoms with E-state index >= 15 is 0 Å². The summed E-state index contributed by atoms with van der Waals surface area (Å²) < 4.78 is 6.22. The van der Waals surface area contributed by atoms with Gasteiger partial charge in [0.05, 0.1) is 5.58 Å². The van der Waals surface area contributed by atoms with Crippen LogP contribution in [0.5, 0.6) is 0 Å². The van der Waals surface area contributed by atoms with E-state index in [0.29, 0.717) is 5.71 Å². The van der Waals surface area contributed by atoms with Crippen molar-refractivity contribution in [2.75, 3.05) is 0 Å². The zero-order chi connectivity index (χ0) is 28.0.